The largest absolute Gasteiger partial charge is 0.318 e. The van der Waals surface area contributed by atoms with E-state index in [4.69, 9.17) is 0 Å². The van der Waals surface area contributed by atoms with Crippen molar-refractivity contribution in [3.05, 3.63) is 58.6 Å². The molecule has 0 fully saturated rings. The van der Waals surface area contributed by atoms with Crippen LogP contribution in [0.25, 0.3) is 10.8 Å². The van der Waals surface area contributed by atoms with Gasteiger partial charge in [-0.3, -0.25) is 9.59 Å². The second-order valence-electron chi connectivity index (χ2n) is 4.46. The summed E-state index contributed by atoms with van der Waals surface area (Å²) in [5.41, 5.74) is 0.460. The van der Waals surface area contributed by atoms with Crippen LogP contribution in [0, 0.1) is 0 Å². The Bertz CT molecular complexity index is 907. The summed E-state index contributed by atoms with van der Waals surface area (Å²) in [6, 6.07) is 10.4. The summed E-state index contributed by atoms with van der Waals surface area (Å²) in [6.45, 7) is 0. The van der Waals surface area contributed by atoms with Crippen LogP contribution in [0.4, 0.5) is 5.69 Å². The van der Waals surface area contributed by atoms with Crippen LogP contribution in [0.2, 0.25) is 0 Å². The van der Waals surface area contributed by atoms with Crippen molar-refractivity contribution < 1.29 is 4.79 Å². The van der Waals surface area contributed by atoms with Gasteiger partial charge >= 0.3 is 0 Å². The van der Waals surface area contributed by atoms with Crippen molar-refractivity contribution in [3.8, 4) is 0 Å². The van der Waals surface area contributed by atoms with Crippen LogP contribution < -0.4 is 10.9 Å². The molecule has 3 aromatic rings. The number of rotatable bonds is 3. The summed E-state index contributed by atoms with van der Waals surface area (Å²) in [7, 11) is 0. The van der Waals surface area contributed by atoms with Gasteiger partial charge in [-0.25, -0.2) is 10.1 Å². The van der Waals surface area contributed by atoms with E-state index >= 15 is 0 Å². The van der Waals surface area contributed by atoms with Crippen molar-refractivity contribution in [3.63, 3.8) is 0 Å². The first-order valence-electron chi connectivity index (χ1n) is 6.48. The molecule has 110 valence electrons. The molecule has 2 aromatic heterocycles. The van der Waals surface area contributed by atoms with Crippen LogP contribution in [0.3, 0.4) is 0 Å². The molecule has 2 heterocycles. The Hall–Kier alpha value is -2.67. The normalized spacial score (nSPS) is 10.6. The van der Waals surface area contributed by atoms with Crippen LogP contribution in [-0.4, -0.2) is 27.3 Å². The zero-order valence-electron chi connectivity index (χ0n) is 11.7. The number of thioether (sulfide) groups is 1. The number of carbonyl (C=O) groups excluding carboxylic acids is 1. The maximum absolute atomic E-state index is 12.5. The number of amides is 1. The summed E-state index contributed by atoms with van der Waals surface area (Å²) < 4.78 is 0. The lowest BCUT2D eigenvalue weighted by atomic mass is 10.1. The molecule has 0 unspecified atom stereocenters. The van der Waals surface area contributed by atoms with Crippen molar-refractivity contribution >= 4 is 34.1 Å². The number of hydrogen-bond donors (Lipinski definition) is 2. The summed E-state index contributed by atoms with van der Waals surface area (Å²) in [5.74, 6) is -0.393. The molecule has 0 saturated heterocycles. The minimum atomic E-state index is -0.393. The van der Waals surface area contributed by atoms with E-state index in [2.05, 4.69) is 20.5 Å². The number of aromatic amines is 1. The highest BCUT2D eigenvalue weighted by Crippen LogP contribution is 2.23. The minimum absolute atomic E-state index is 0.172. The van der Waals surface area contributed by atoms with Crippen molar-refractivity contribution in [1.82, 2.24) is 15.2 Å². The number of nitrogens with one attached hydrogen (secondary N) is 2. The van der Waals surface area contributed by atoms with Crippen molar-refractivity contribution in [1.29, 1.82) is 0 Å². The average molecular weight is 312 g/mol. The number of H-pyrrole nitrogens is 1. The Morgan fingerprint density at radius 1 is 1.18 bits per heavy atom. The van der Waals surface area contributed by atoms with Gasteiger partial charge in [0.25, 0.3) is 11.5 Å². The molecule has 2 N–H and O–H groups in total. The first-order chi connectivity index (χ1) is 10.7. The molecule has 1 amide bonds. The smallest absolute Gasteiger partial charge is 0.276 e. The minimum Gasteiger partial charge on any atom is -0.318 e. The van der Waals surface area contributed by atoms with Gasteiger partial charge in [0.1, 0.15) is 5.03 Å². The highest BCUT2D eigenvalue weighted by atomic mass is 32.2. The molecule has 22 heavy (non-hydrogen) atoms. The molecule has 7 heteroatoms. The van der Waals surface area contributed by atoms with E-state index in [1.165, 1.54) is 11.8 Å². The number of fused-ring (bicyclic) bond motifs is 1. The lowest BCUT2D eigenvalue weighted by Gasteiger charge is -2.09. The van der Waals surface area contributed by atoms with Crippen LogP contribution in [0.1, 0.15) is 10.5 Å². The third-order valence-electron chi connectivity index (χ3n) is 3.12. The summed E-state index contributed by atoms with van der Waals surface area (Å²) >= 11 is 1.43. The molecule has 0 radical (unpaired) electrons. The van der Waals surface area contributed by atoms with E-state index in [0.717, 1.165) is 0 Å². The highest BCUT2D eigenvalue weighted by Gasteiger charge is 2.15. The van der Waals surface area contributed by atoms with Crippen molar-refractivity contribution in [2.75, 3.05) is 11.6 Å². The van der Waals surface area contributed by atoms with Gasteiger partial charge in [-0.1, -0.05) is 18.2 Å². The summed E-state index contributed by atoms with van der Waals surface area (Å²) in [5, 5.41) is 10.7. The number of aromatic nitrogens is 3. The molecule has 0 aliphatic heterocycles. The van der Waals surface area contributed by atoms with Gasteiger partial charge in [0, 0.05) is 11.6 Å². The molecular formula is C15H12N4O2S. The zero-order chi connectivity index (χ0) is 15.5. The predicted molar refractivity (Wildman–Crippen MR) is 86.3 cm³/mol. The van der Waals surface area contributed by atoms with Gasteiger partial charge in [-0.05, 0) is 24.5 Å². The first-order valence-corrected chi connectivity index (χ1v) is 7.71. The Kier molecular flexibility index (Phi) is 3.88. The van der Waals surface area contributed by atoms with E-state index in [9.17, 15) is 9.59 Å². The van der Waals surface area contributed by atoms with E-state index in [0.29, 0.717) is 21.5 Å². The Morgan fingerprint density at radius 2 is 1.95 bits per heavy atom. The van der Waals surface area contributed by atoms with Crippen molar-refractivity contribution in [2.45, 2.75) is 5.03 Å². The topological polar surface area (TPSA) is 87.7 Å². The van der Waals surface area contributed by atoms with Gasteiger partial charge in [-0.15, -0.1) is 11.8 Å². The monoisotopic (exact) mass is 312 g/mol. The van der Waals surface area contributed by atoms with Crippen LogP contribution in [0.5, 0.6) is 0 Å². The molecule has 0 spiro atoms. The average Bonchev–Trinajstić information content (AvgIpc) is 2.56. The number of anilines is 1. The SMILES string of the molecule is CSc1ncccc1NC(=O)c1n[nH]c(=O)c2ccccc12. The predicted octanol–water partition coefficient (Wildman–Crippen LogP) is 2.29. The third kappa shape index (κ3) is 2.58. The fraction of sp³-hybridized carbons (Fsp3) is 0.0667. The summed E-state index contributed by atoms with van der Waals surface area (Å²) in [4.78, 5) is 28.4. The quantitative estimate of drug-likeness (QED) is 0.725. The number of hydrogen-bond acceptors (Lipinski definition) is 5. The molecular weight excluding hydrogens is 300 g/mol. The van der Waals surface area contributed by atoms with E-state index < -0.39 is 5.91 Å². The second-order valence-corrected chi connectivity index (χ2v) is 5.26. The van der Waals surface area contributed by atoms with E-state index in [-0.39, 0.29) is 11.3 Å². The van der Waals surface area contributed by atoms with Crippen LogP contribution >= 0.6 is 11.8 Å². The van der Waals surface area contributed by atoms with Gasteiger partial charge < -0.3 is 5.32 Å². The fourth-order valence-electron chi connectivity index (χ4n) is 2.12. The Labute approximate surface area is 130 Å². The van der Waals surface area contributed by atoms with E-state index in [1.807, 2.05) is 6.26 Å². The molecule has 0 aliphatic carbocycles. The lowest BCUT2D eigenvalue weighted by molar-refractivity contribution is 0.102. The Morgan fingerprint density at radius 3 is 2.73 bits per heavy atom. The first kappa shape index (κ1) is 14.3. The van der Waals surface area contributed by atoms with Gasteiger partial charge in [0.2, 0.25) is 0 Å². The lowest BCUT2D eigenvalue weighted by Crippen LogP contribution is -2.19. The third-order valence-corrected chi connectivity index (χ3v) is 3.84. The fourth-order valence-corrected chi connectivity index (χ4v) is 2.62. The Balaban J connectivity index is 2.03. The van der Waals surface area contributed by atoms with Gasteiger partial charge in [0.15, 0.2) is 5.69 Å². The van der Waals surface area contributed by atoms with Gasteiger partial charge in [0.05, 0.1) is 11.1 Å². The highest BCUT2D eigenvalue weighted by molar-refractivity contribution is 7.98. The summed E-state index contributed by atoms with van der Waals surface area (Å²) in [6.07, 6.45) is 3.54. The molecule has 3 rings (SSSR count). The molecule has 1 aromatic carbocycles. The molecule has 0 atom stereocenters. The van der Waals surface area contributed by atoms with Gasteiger partial charge in [-0.2, -0.15) is 5.10 Å². The number of benzene rings is 1. The van der Waals surface area contributed by atoms with Crippen LogP contribution in [-0.2, 0) is 0 Å². The maximum atomic E-state index is 12.5. The van der Waals surface area contributed by atoms with Crippen LogP contribution in [0.15, 0.2) is 52.4 Å². The molecule has 0 bridgehead atoms. The molecule has 0 saturated carbocycles. The van der Waals surface area contributed by atoms with Crippen molar-refractivity contribution in [2.24, 2.45) is 0 Å². The second kappa shape index (κ2) is 5.98. The number of carbonyl (C=O) groups is 1. The zero-order valence-corrected chi connectivity index (χ0v) is 12.5. The standard InChI is InChI=1S/C15H12N4O2S/c1-22-15-11(7-4-8-16-15)17-14(21)12-9-5-2-3-6-10(9)13(20)19-18-12/h2-8H,1H3,(H,17,21)(H,19,20). The molecule has 6 nitrogen and oxygen atoms in total. The number of nitrogens with zero attached hydrogens (tertiary/aromatic N) is 2. The maximum Gasteiger partial charge on any atom is 0.276 e. The van der Waals surface area contributed by atoms with E-state index in [1.54, 1.807) is 42.6 Å². The number of pyridine rings is 1. The molecule has 0 aliphatic rings.